The average Bonchev–Trinajstić information content (AvgIpc) is 2.96. The van der Waals surface area contributed by atoms with E-state index >= 15 is 0 Å². The zero-order valence-electron chi connectivity index (χ0n) is 14.8. The Hall–Kier alpha value is -3.44. The second-order valence-electron chi connectivity index (χ2n) is 6.37. The fourth-order valence-corrected chi connectivity index (χ4v) is 3.35. The van der Waals surface area contributed by atoms with Crippen molar-refractivity contribution in [3.05, 3.63) is 94.5 Å². The molecule has 0 fully saturated rings. The van der Waals surface area contributed by atoms with E-state index in [1.807, 2.05) is 42.5 Å². The van der Waals surface area contributed by atoms with Crippen LogP contribution in [-0.2, 0) is 11.3 Å². The average molecular weight is 390 g/mol. The summed E-state index contributed by atoms with van der Waals surface area (Å²) in [7, 11) is 0. The quantitative estimate of drug-likeness (QED) is 0.729. The van der Waals surface area contributed by atoms with E-state index in [9.17, 15) is 9.59 Å². The molecule has 0 saturated heterocycles. The number of fused-ring (bicyclic) bond motifs is 1. The van der Waals surface area contributed by atoms with Crippen molar-refractivity contribution in [1.29, 1.82) is 0 Å². The maximum absolute atomic E-state index is 13.1. The van der Waals surface area contributed by atoms with Gasteiger partial charge in [0.2, 0.25) is 5.91 Å². The first-order chi connectivity index (χ1) is 13.5. The molecule has 0 spiro atoms. The Morgan fingerprint density at radius 3 is 2.36 bits per heavy atom. The van der Waals surface area contributed by atoms with E-state index in [4.69, 9.17) is 17.3 Å². The van der Waals surface area contributed by atoms with Crippen LogP contribution in [0.25, 0.3) is 0 Å². The molecule has 1 aliphatic rings. The molecular formula is C22H16ClN3O2. The van der Waals surface area contributed by atoms with Crippen molar-refractivity contribution in [3.8, 4) is 0 Å². The maximum atomic E-state index is 13.1. The van der Waals surface area contributed by atoms with Gasteiger partial charge in [0.05, 0.1) is 17.9 Å². The molecule has 3 aromatic rings. The minimum atomic E-state index is -0.507. The number of nitrogens with two attached hydrogens (primary N) is 1. The molecule has 2 amide bonds. The van der Waals surface area contributed by atoms with Crippen LogP contribution in [0.3, 0.4) is 0 Å². The van der Waals surface area contributed by atoms with Crippen LogP contribution in [0.15, 0.2) is 77.8 Å². The lowest BCUT2D eigenvalue weighted by Crippen LogP contribution is -2.29. The molecule has 0 unspecified atom stereocenters. The summed E-state index contributed by atoms with van der Waals surface area (Å²) in [4.78, 5) is 30.6. The van der Waals surface area contributed by atoms with Crippen LogP contribution in [0.4, 0.5) is 11.4 Å². The first-order valence-electron chi connectivity index (χ1n) is 8.68. The third-order valence-electron chi connectivity index (χ3n) is 4.58. The lowest BCUT2D eigenvalue weighted by atomic mass is 10.1. The zero-order chi connectivity index (χ0) is 19.7. The van der Waals surface area contributed by atoms with Crippen LogP contribution in [0.1, 0.15) is 21.5 Å². The largest absolute Gasteiger partial charge is 0.366 e. The van der Waals surface area contributed by atoms with E-state index in [-0.39, 0.29) is 5.91 Å². The number of primary amides is 1. The van der Waals surface area contributed by atoms with Crippen LogP contribution in [-0.4, -0.2) is 17.5 Å². The third kappa shape index (κ3) is 3.28. The Morgan fingerprint density at radius 1 is 0.964 bits per heavy atom. The molecule has 0 radical (unpaired) electrons. The minimum Gasteiger partial charge on any atom is -0.366 e. The van der Waals surface area contributed by atoms with E-state index < -0.39 is 5.91 Å². The SMILES string of the molecule is NC(=O)c1ccc(N=C2C(=O)N(Cc3ccccc3Cl)c3ccccc32)cc1. The van der Waals surface area contributed by atoms with Crippen molar-refractivity contribution in [2.45, 2.75) is 6.54 Å². The highest BCUT2D eigenvalue weighted by Gasteiger charge is 2.33. The van der Waals surface area contributed by atoms with Gasteiger partial charge in [0.1, 0.15) is 5.71 Å². The Bertz CT molecular complexity index is 1110. The number of carbonyl (C=O) groups is 2. The fourth-order valence-electron chi connectivity index (χ4n) is 3.15. The summed E-state index contributed by atoms with van der Waals surface area (Å²) in [6.45, 7) is 0.356. The molecule has 6 heteroatoms. The van der Waals surface area contributed by atoms with Crippen LogP contribution in [0, 0.1) is 0 Å². The highest BCUT2D eigenvalue weighted by molar-refractivity contribution is 6.54. The van der Waals surface area contributed by atoms with Crippen LogP contribution < -0.4 is 10.6 Å². The molecule has 1 heterocycles. The lowest BCUT2D eigenvalue weighted by Gasteiger charge is -2.17. The number of benzene rings is 3. The molecule has 28 heavy (non-hydrogen) atoms. The first-order valence-corrected chi connectivity index (χ1v) is 9.05. The normalized spacial score (nSPS) is 14.4. The molecule has 138 valence electrons. The van der Waals surface area contributed by atoms with Crippen LogP contribution in [0.5, 0.6) is 0 Å². The Labute approximate surface area is 167 Å². The molecule has 0 aromatic heterocycles. The van der Waals surface area contributed by atoms with Gasteiger partial charge in [0.15, 0.2) is 0 Å². The topological polar surface area (TPSA) is 75.8 Å². The van der Waals surface area contributed by atoms with Gasteiger partial charge in [0.25, 0.3) is 5.91 Å². The summed E-state index contributed by atoms with van der Waals surface area (Å²) in [6, 6.07) is 21.5. The predicted octanol–water partition coefficient (Wildman–Crippen LogP) is 4.11. The van der Waals surface area contributed by atoms with Gasteiger partial charge >= 0.3 is 0 Å². The highest BCUT2D eigenvalue weighted by Crippen LogP contribution is 2.33. The van der Waals surface area contributed by atoms with Gasteiger partial charge < -0.3 is 10.6 Å². The van der Waals surface area contributed by atoms with Crippen molar-refractivity contribution in [2.24, 2.45) is 10.7 Å². The summed E-state index contributed by atoms with van der Waals surface area (Å²) < 4.78 is 0. The number of hydrogen-bond acceptors (Lipinski definition) is 3. The highest BCUT2D eigenvalue weighted by atomic mass is 35.5. The van der Waals surface area contributed by atoms with Gasteiger partial charge in [-0.05, 0) is 42.0 Å². The summed E-state index contributed by atoms with van der Waals surface area (Å²) in [6.07, 6.45) is 0. The molecule has 0 bridgehead atoms. The molecule has 0 saturated carbocycles. The molecule has 1 aliphatic heterocycles. The van der Waals surface area contributed by atoms with E-state index in [2.05, 4.69) is 4.99 Å². The number of anilines is 1. The molecule has 4 rings (SSSR count). The van der Waals surface area contributed by atoms with E-state index in [0.717, 1.165) is 16.8 Å². The number of halogens is 1. The number of carbonyl (C=O) groups excluding carboxylic acids is 2. The van der Waals surface area contributed by atoms with E-state index in [0.29, 0.717) is 28.5 Å². The molecule has 0 atom stereocenters. The molecule has 3 aromatic carbocycles. The number of nitrogens with zero attached hydrogens (tertiary/aromatic N) is 2. The summed E-state index contributed by atoms with van der Waals surface area (Å²) >= 11 is 6.28. The summed E-state index contributed by atoms with van der Waals surface area (Å²) in [5.41, 5.74) is 9.00. The number of amides is 2. The van der Waals surface area contributed by atoms with Crippen molar-refractivity contribution >= 4 is 40.5 Å². The van der Waals surface area contributed by atoms with Gasteiger partial charge in [0, 0.05) is 16.1 Å². The van der Waals surface area contributed by atoms with Crippen molar-refractivity contribution in [2.75, 3.05) is 4.90 Å². The second kappa shape index (κ2) is 7.29. The molecule has 0 aliphatic carbocycles. The van der Waals surface area contributed by atoms with Gasteiger partial charge in [-0.3, -0.25) is 9.59 Å². The van der Waals surface area contributed by atoms with Gasteiger partial charge in [-0.15, -0.1) is 0 Å². The number of para-hydroxylation sites is 1. The van der Waals surface area contributed by atoms with E-state index in [1.165, 1.54) is 0 Å². The maximum Gasteiger partial charge on any atom is 0.277 e. The van der Waals surface area contributed by atoms with E-state index in [1.54, 1.807) is 35.2 Å². The third-order valence-corrected chi connectivity index (χ3v) is 4.95. The standard InChI is InChI=1S/C22H16ClN3O2/c23-18-7-3-1-5-15(18)13-26-19-8-4-2-6-17(19)20(22(26)28)25-16-11-9-14(10-12-16)21(24)27/h1-12H,13H2,(H2,24,27). The van der Waals surface area contributed by atoms with Crippen molar-refractivity contribution in [1.82, 2.24) is 0 Å². The monoisotopic (exact) mass is 389 g/mol. The molecule has 5 nitrogen and oxygen atoms in total. The molecular weight excluding hydrogens is 374 g/mol. The lowest BCUT2D eigenvalue weighted by molar-refractivity contribution is -0.112. The van der Waals surface area contributed by atoms with Crippen molar-refractivity contribution in [3.63, 3.8) is 0 Å². The Morgan fingerprint density at radius 2 is 1.64 bits per heavy atom. The van der Waals surface area contributed by atoms with Crippen LogP contribution in [0.2, 0.25) is 5.02 Å². The summed E-state index contributed by atoms with van der Waals surface area (Å²) in [5, 5.41) is 0.611. The van der Waals surface area contributed by atoms with Gasteiger partial charge in [-0.2, -0.15) is 0 Å². The predicted molar refractivity (Wildman–Crippen MR) is 110 cm³/mol. The van der Waals surface area contributed by atoms with Crippen LogP contribution >= 0.6 is 11.6 Å². The zero-order valence-corrected chi connectivity index (χ0v) is 15.6. The van der Waals surface area contributed by atoms with Crippen molar-refractivity contribution < 1.29 is 9.59 Å². The van der Waals surface area contributed by atoms with Gasteiger partial charge in [-0.25, -0.2) is 4.99 Å². The van der Waals surface area contributed by atoms with Gasteiger partial charge in [-0.1, -0.05) is 48.0 Å². The fraction of sp³-hybridized carbons (Fsp3) is 0.0455. The number of rotatable bonds is 4. The first kappa shape index (κ1) is 17.9. The smallest absolute Gasteiger partial charge is 0.277 e. The number of aliphatic imine (C=N–C) groups is 1. The summed E-state index contributed by atoms with van der Waals surface area (Å²) in [5.74, 6) is -0.701. The number of hydrogen-bond donors (Lipinski definition) is 1. The molecule has 2 N–H and O–H groups in total. The second-order valence-corrected chi connectivity index (χ2v) is 6.78. The minimum absolute atomic E-state index is 0.194. The Kier molecular flexibility index (Phi) is 4.67. The Balaban J connectivity index is 1.72.